The summed E-state index contributed by atoms with van der Waals surface area (Å²) in [5, 5.41) is 7.45. The highest BCUT2D eigenvalue weighted by atomic mass is 32.1. The summed E-state index contributed by atoms with van der Waals surface area (Å²) in [6.45, 7) is 2.46. The number of amides is 2. The van der Waals surface area contributed by atoms with Crippen LogP contribution in [-0.2, 0) is 17.8 Å². The molecule has 9 heteroatoms. The third kappa shape index (κ3) is 5.67. The highest BCUT2D eigenvalue weighted by molar-refractivity contribution is 7.14. The molecule has 0 saturated carbocycles. The van der Waals surface area contributed by atoms with Gasteiger partial charge in [0.25, 0.3) is 5.91 Å². The Hall–Kier alpha value is -3.33. The minimum Gasteiger partial charge on any atom is -0.357 e. The van der Waals surface area contributed by atoms with E-state index in [-0.39, 0.29) is 17.9 Å². The number of nitrogens with zero attached hydrogens (tertiary/aromatic N) is 3. The molecule has 2 aromatic heterocycles. The molecule has 0 spiro atoms. The Kier molecular flexibility index (Phi) is 7.06. The number of benzene rings is 1. The lowest BCUT2D eigenvalue weighted by Crippen LogP contribution is -2.30. The van der Waals surface area contributed by atoms with Crippen molar-refractivity contribution < 1.29 is 14.0 Å². The van der Waals surface area contributed by atoms with Crippen LogP contribution in [-0.4, -0.2) is 34.9 Å². The maximum atomic E-state index is 13.7. The SMILES string of the molecule is O=C(Cc1csc(NC(=O)c2ccccc2F)n1)NCc1ccc(N2CCCCC2)nc1. The Morgan fingerprint density at radius 2 is 1.91 bits per heavy atom. The lowest BCUT2D eigenvalue weighted by Gasteiger charge is -2.27. The summed E-state index contributed by atoms with van der Waals surface area (Å²) in [6.07, 6.45) is 5.56. The fourth-order valence-corrected chi connectivity index (χ4v) is 4.22. The molecule has 0 radical (unpaired) electrons. The Bertz CT molecular complexity index is 1080. The summed E-state index contributed by atoms with van der Waals surface area (Å²) in [4.78, 5) is 35.5. The van der Waals surface area contributed by atoms with E-state index < -0.39 is 11.7 Å². The zero-order chi connectivity index (χ0) is 22.3. The maximum Gasteiger partial charge on any atom is 0.260 e. The third-order valence-electron chi connectivity index (χ3n) is 5.21. The number of thiazole rings is 1. The summed E-state index contributed by atoms with van der Waals surface area (Å²) in [5.41, 5.74) is 1.41. The molecule has 0 aliphatic carbocycles. The predicted octanol–water partition coefficient (Wildman–Crippen LogP) is 3.78. The van der Waals surface area contributed by atoms with Crippen molar-refractivity contribution in [3.8, 4) is 0 Å². The van der Waals surface area contributed by atoms with Crippen molar-refractivity contribution in [1.29, 1.82) is 0 Å². The van der Waals surface area contributed by atoms with E-state index in [1.807, 2.05) is 12.1 Å². The van der Waals surface area contributed by atoms with Crippen LogP contribution >= 0.6 is 11.3 Å². The van der Waals surface area contributed by atoms with Crippen molar-refractivity contribution in [1.82, 2.24) is 15.3 Å². The van der Waals surface area contributed by atoms with Gasteiger partial charge in [0.1, 0.15) is 11.6 Å². The predicted molar refractivity (Wildman–Crippen MR) is 122 cm³/mol. The molecule has 2 amide bonds. The fraction of sp³-hybridized carbons (Fsp3) is 0.304. The summed E-state index contributed by atoms with van der Waals surface area (Å²) in [5.74, 6) is -0.372. The van der Waals surface area contributed by atoms with E-state index in [1.165, 1.54) is 48.8 Å². The molecule has 2 N–H and O–H groups in total. The van der Waals surface area contributed by atoms with Gasteiger partial charge in [0.2, 0.25) is 5.91 Å². The molecule has 1 saturated heterocycles. The Balaban J connectivity index is 1.25. The zero-order valence-electron chi connectivity index (χ0n) is 17.5. The zero-order valence-corrected chi connectivity index (χ0v) is 18.3. The number of hydrogen-bond acceptors (Lipinski definition) is 6. The lowest BCUT2D eigenvalue weighted by molar-refractivity contribution is -0.120. The minimum atomic E-state index is -0.598. The first-order valence-corrected chi connectivity index (χ1v) is 11.4. The van der Waals surface area contributed by atoms with Gasteiger partial charge in [-0.1, -0.05) is 18.2 Å². The van der Waals surface area contributed by atoms with Crippen LogP contribution in [0, 0.1) is 5.82 Å². The largest absolute Gasteiger partial charge is 0.357 e. The van der Waals surface area contributed by atoms with Crippen molar-refractivity contribution in [2.45, 2.75) is 32.2 Å². The standard InChI is InChI=1S/C23H24FN5O2S/c24-19-7-3-2-6-18(19)22(31)28-23-27-17(15-32-23)12-21(30)26-14-16-8-9-20(25-13-16)29-10-4-1-5-11-29/h2-3,6-9,13,15H,1,4-5,10-12,14H2,(H,26,30)(H,27,28,31). The van der Waals surface area contributed by atoms with Gasteiger partial charge in [-0.15, -0.1) is 11.3 Å². The number of aromatic nitrogens is 2. The van der Waals surface area contributed by atoms with Gasteiger partial charge in [-0.05, 0) is 43.0 Å². The van der Waals surface area contributed by atoms with E-state index >= 15 is 0 Å². The van der Waals surface area contributed by atoms with Crippen LogP contribution in [0.15, 0.2) is 48.0 Å². The molecule has 7 nitrogen and oxygen atoms in total. The monoisotopic (exact) mass is 453 g/mol. The average Bonchev–Trinajstić information content (AvgIpc) is 3.25. The summed E-state index contributed by atoms with van der Waals surface area (Å²) < 4.78 is 13.7. The minimum absolute atomic E-state index is 0.0538. The van der Waals surface area contributed by atoms with Crippen LogP contribution < -0.4 is 15.5 Å². The van der Waals surface area contributed by atoms with Crippen LogP contribution in [0.1, 0.15) is 40.9 Å². The quantitative estimate of drug-likeness (QED) is 0.569. The molecule has 0 bridgehead atoms. The van der Waals surface area contributed by atoms with E-state index in [0.717, 1.165) is 24.5 Å². The molecule has 32 heavy (non-hydrogen) atoms. The second-order valence-corrected chi connectivity index (χ2v) is 8.46. The second kappa shape index (κ2) is 10.3. The van der Waals surface area contributed by atoms with Gasteiger partial charge in [0.05, 0.1) is 17.7 Å². The normalized spacial score (nSPS) is 13.6. The highest BCUT2D eigenvalue weighted by Crippen LogP contribution is 2.19. The molecule has 1 fully saturated rings. The first-order chi connectivity index (χ1) is 15.6. The Morgan fingerprint density at radius 3 is 2.66 bits per heavy atom. The number of carbonyl (C=O) groups excluding carboxylic acids is 2. The van der Waals surface area contributed by atoms with Crippen molar-refractivity contribution in [3.63, 3.8) is 0 Å². The van der Waals surface area contributed by atoms with E-state index in [2.05, 4.69) is 25.5 Å². The van der Waals surface area contributed by atoms with Gasteiger partial charge in [-0.25, -0.2) is 14.4 Å². The molecule has 3 aromatic rings. The molecule has 1 aromatic carbocycles. The molecule has 166 valence electrons. The Labute approximate surface area is 189 Å². The number of anilines is 2. The molecule has 3 heterocycles. The molecular weight excluding hydrogens is 429 g/mol. The number of nitrogens with one attached hydrogen (secondary N) is 2. The number of pyridine rings is 1. The van der Waals surface area contributed by atoms with Gasteiger partial charge in [-0.3, -0.25) is 14.9 Å². The second-order valence-electron chi connectivity index (χ2n) is 7.60. The van der Waals surface area contributed by atoms with Crippen LogP contribution in [0.3, 0.4) is 0 Å². The molecule has 0 unspecified atom stereocenters. The maximum absolute atomic E-state index is 13.7. The van der Waals surface area contributed by atoms with Gasteiger partial charge < -0.3 is 10.2 Å². The van der Waals surface area contributed by atoms with Gasteiger partial charge in [0, 0.05) is 31.2 Å². The summed E-state index contributed by atoms with van der Waals surface area (Å²) in [7, 11) is 0. The number of carbonyl (C=O) groups is 2. The molecule has 4 rings (SSSR count). The van der Waals surface area contributed by atoms with E-state index in [1.54, 1.807) is 17.6 Å². The molecule has 0 atom stereocenters. The van der Waals surface area contributed by atoms with Gasteiger partial charge >= 0.3 is 0 Å². The van der Waals surface area contributed by atoms with Crippen LogP contribution in [0.2, 0.25) is 0 Å². The number of hydrogen-bond donors (Lipinski definition) is 2. The first kappa shape index (κ1) is 21.9. The number of rotatable bonds is 7. The van der Waals surface area contributed by atoms with Crippen LogP contribution in [0.4, 0.5) is 15.3 Å². The summed E-state index contributed by atoms with van der Waals surface area (Å²) >= 11 is 1.19. The number of piperidine rings is 1. The lowest BCUT2D eigenvalue weighted by atomic mass is 10.1. The molecule has 1 aliphatic heterocycles. The number of halogens is 1. The van der Waals surface area contributed by atoms with Crippen molar-refractivity contribution >= 4 is 34.1 Å². The molecular formula is C23H24FN5O2S. The van der Waals surface area contributed by atoms with E-state index in [9.17, 15) is 14.0 Å². The van der Waals surface area contributed by atoms with Gasteiger partial charge in [0.15, 0.2) is 5.13 Å². The smallest absolute Gasteiger partial charge is 0.260 e. The van der Waals surface area contributed by atoms with Crippen molar-refractivity contribution in [3.05, 3.63) is 70.6 Å². The fourth-order valence-electron chi connectivity index (χ4n) is 3.51. The van der Waals surface area contributed by atoms with E-state index in [4.69, 9.17) is 0 Å². The molecule has 1 aliphatic rings. The highest BCUT2D eigenvalue weighted by Gasteiger charge is 2.15. The average molecular weight is 454 g/mol. The third-order valence-corrected chi connectivity index (χ3v) is 6.02. The van der Waals surface area contributed by atoms with Crippen molar-refractivity contribution in [2.75, 3.05) is 23.3 Å². The van der Waals surface area contributed by atoms with Crippen LogP contribution in [0.25, 0.3) is 0 Å². The summed E-state index contributed by atoms with van der Waals surface area (Å²) in [6, 6.07) is 9.72. The van der Waals surface area contributed by atoms with E-state index in [0.29, 0.717) is 17.4 Å². The van der Waals surface area contributed by atoms with Gasteiger partial charge in [-0.2, -0.15) is 0 Å². The first-order valence-electron chi connectivity index (χ1n) is 10.6. The van der Waals surface area contributed by atoms with Crippen LogP contribution in [0.5, 0.6) is 0 Å². The topological polar surface area (TPSA) is 87.2 Å². The van der Waals surface area contributed by atoms with Crippen molar-refractivity contribution in [2.24, 2.45) is 0 Å². The Morgan fingerprint density at radius 1 is 1.09 bits per heavy atom.